The first kappa shape index (κ1) is 19.6. The summed E-state index contributed by atoms with van der Waals surface area (Å²) in [6, 6.07) is 3.38. The molecule has 1 aromatic carbocycles. The number of carboxylic acids is 1. The van der Waals surface area contributed by atoms with Crippen LogP contribution in [0, 0.1) is 19.3 Å². The van der Waals surface area contributed by atoms with Crippen molar-refractivity contribution >= 4 is 29.2 Å². The number of ether oxygens (including phenoxy) is 1. The molecule has 1 amide bonds. The molecule has 2 fully saturated rings. The van der Waals surface area contributed by atoms with Crippen LogP contribution in [-0.2, 0) is 9.59 Å². The first-order valence-corrected chi connectivity index (χ1v) is 9.78. The number of carbonyl (C=O) groups excluding carboxylic acids is 1. The standard InChI is InChI=1S/C21H24ClNO4/c1-3-19(24)23(21(20(25)26)10-5-4-6-11-21)17-13-16(22)18(12-14(17)2)27-15-8-7-9-15/h1,12-13,15H,4-11H2,2H3,(H,25,26). The van der Waals surface area contributed by atoms with Gasteiger partial charge in [-0.1, -0.05) is 30.9 Å². The molecule has 144 valence electrons. The van der Waals surface area contributed by atoms with Gasteiger partial charge in [0.05, 0.1) is 16.8 Å². The van der Waals surface area contributed by atoms with Crippen molar-refractivity contribution in [1.82, 2.24) is 0 Å². The Bertz CT molecular complexity index is 788. The Balaban J connectivity index is 2.05. The molecule has 1 N–H and O–H groups in total. The Morgan fingerprint density at radius 3 is 2.44 bits per heavy atom. The van der Waals surface area contributed by atoms with E-state index in [9.17, 15) is 14.7 Å². The van der Waals surface area contributed by atoms with E-state index in [0.717, 1.165) is 38.5 Å². The summed E-state index contributed by atoms with van der Waals surface area (Å²) in [6.07, 6.45) is 11.9. The number of benzene rings is 1. The molecule has 2 saturated carbocycles. The molecule has 0 radical (unpaired) electrons. The Kier molecular flexibility index (Phi) is 5.67. The predicted molar refractivity (Wildman–Crippen MR) is 104 cm³/mol. The maximum absolute atomic E-state index is 12.7. The van der Waals surface area contributed by atoms with Crippen molar-refractivity contribution in [2.75, 3.05) is 4.90 Å². The molecule has 2 aliphatic rings. The topological polar surface area (TPSA) is 66.8 Å². The number of nitrogens with zero attached hydrogens (tertiary/aromatic N) is 1. The third-order valence-corrected chi connectivity index (χ3v) is 5.97. The highest BCUT2D eigenvalue weighted by atomic mass is 35.5. The maximum atomic E-state index is 12.7. The Morgan fingerprint density at radius 2 is 1.93 bits per heavy atom. The summed E-state index contributed by atoms with van der Waals surface area (Å²) in [5.74, 6) is 0.968. The average molecular weight is 390 g/mol. The summed E-state index contributed by atoms with van der Waals surface area (Å²) in [5.41, 5.74) is -0.191. The van der Waals surface area contributed by atoms with Gasteiger partial charge in [0.2, 0.25) is 0 Å². The van der Waals surface area contributed by atoms with Crippen LogP contribution in [0.2, 0.25) is 5.02 Å². The molecular formula is C21H24ClNO4. The highest BCUT2D eigenvalue weighted by molar-refractivity contribution is 6.32. The third kappa shape index (κ3) is 3.64. The molecule has 0 unspecified atom stereocenters. The molecule has 0 aliphatic heterocycles. The second kappa shape index (κ2) is 7.82. The molecule has 0 saturated heterocycles. The maximum Gasteiger partial charge on any atom is 0.330 e. The van der Waals surface area contributed by atoms with E-state index in [1.807, 2.05) is 6.92 Å². The number of terminal acetylenes is 1. The van der Waals surface area contributed by atoms with E-state index in [4.69, 9.17) is 22.8 Å². The number of anilines is 1. The predicted octanol–water partition coefficient (Wildman–Crippen LogP) is 4.33. The average Bonchev–Trinajstić information content (AvgIpc) is 2.62. The van der Waals surface area contributed by atoms with E-state index >= 15 is 0 Å². The van der Waals surface area contributed by atoms with Crippen molar-refractivity contribution < 1.29 is 19.4 Å². The largest absolute Gasteiger partial charge is 0.489 e. The van der Waals surface area contributed by atoms with Gasteiger partial charge in [0.1, 0.15) is 11.3 Å². The van der Waals surface area contributed by atoms with Crippen LogP contribution < -0.4 is 9.64 Å². The number of rotatable bonds is 5. The van der Waals surface area contributed by atoms with E-state index in [1.54, 1.807) is 12.1 Å². The molecule has 0 heterocycles. The van der Waals surface area contributed by atoms with Gasteiger partial charge in [0.25, 0.3) is 0 Å². The van der Waals surface area contributed by atoms with Gasteiger partial charge in [-0.2, -0.15) is 0 Å². The Labute approximate surface area is 164 Å². The Morgan fingerprint density at radius 1 is 1.26 bits per heavy atom. The number of aliphatic carboxylic acids is 1. The van der Waals surface area contributed by atoms with Crippen molar-refractivity contribution in [3.8, 4) is 18.1 Å². The molecule has 27 heavy (non-hydrogen) atoms. The summed E-state index contributed by atoms with van der Waals surface area (Å²) < 4.78 is 5.91. The highest BCUT2D eigenvalue weighted by Crippen LogP contribution is 2.42. The number of halogens is 1. The smallest absolute Gasteiger partial charge is 0.330 e. The molecule has 0 aromatic heterocycles. The van der Waals surface area contributed by atoms with Crippen LogP contribution in [0.25, 0.3) is 0 Å². The fourth-order valence-corrected chi connectivity index (χ4v) is 4.12. The zero-order valence-electron chi connectivity index (χ0n) is 15.5. The van der Waals surface area contributed by atoms with Gasteiger partial charge in [0, 0.05) is 0 Å². The molecule has 0 atom stereocenters. The summed E-state index contributed by atoms with van der Waals surface area (Å²) >= 11 is 6.42. The lowest BCUT2D eigenvalue weighted by molar-refractivity contribution is -0.146. The minimum absolute atomic E-state index is 0.167. The van der Waals surface area contributed by atoms with E-state index in [-0.39, 0.29) is 6.10 Å². The van der Waals surface area contributed by atoms with Gasteiger partial charge in [0.15, 0.2) is 0 Å². The van der Waals surface area contributed by atoms with Crippen LogP contribution in [0.4, 0.5) is 5.69 Å². The van der Waals surface area contributed by atoms with Gasteiger partial charge >= 0.3 is 11.9 Å². The Hall–Kier alpha value is -2.19. The van der Waals surface area contributed by atoms with Crippen molar-refractivity contribution in [1.29, 1.82) is 0 Å². The first-order valence-electron chi connectivity index (χ1n) is 9.40. The molecule has 5 nitrogen and oxygen atoms in total. The number of amides is 1. The normalized spacial score (nSPS) is 18.9. The van der Waals surface area contributed by atoms with Crippen molar-refractivity contribution in [3.63, 3.8) is 0 Å². The number of carboxylic acid groups (broad SMARTS) is 1. The van der Waals surface area contributed by atoms with Crippen LogP contribution in [-0.4, -0.2) is 28.6 Å². The van der Waals surface area contributed by atoms with Crippen LogP contribution in [0.15, 0.2) is 12.1 Å². The van der Waals surface area contributed by atoms with Crippen LogP contribution in [0.5, 0.6) is 5.75 Å². The first-order chi connectivity index (χ1) is 12.9. The molecule has 6 heteroatoms. The number of hydrogen-bond donors (Lipinski definition) is 1. The van der Waals surface area contributed by atoms with Gasteiger partial charge in [-0.15, -0.1) is 6.42 Å². The monoisotopic (exact) mass is 389 g/mol. The highest BCUT2D eigenvalue weighted by Gasteiger charge is 2.48. The van der Waals surface area contributed by atoms with E-state index in [0.29, 0.717) is 34.9 Å². The lowest BCUT2D eigenvalue weighted by Crippen LogP contribution is -2.58. The lowest BCUT2D eigenvalue weighted by Gasteiger charge is -2.42. The molecule has 1 aromatic rings. The molecule has 0 spiro atoms. The van der Waals surface area contributed by atoms with Crippen molar-refractivity contribution in [2.24, 2.45) is 0 Å². The van der Waals surface area contributed by atoms with Crippen molar-refractivity contribution in [3.05, 3.63) is 22.7 Å². The molecule has 2 aliphatic carbocycles. The zero-order valence-corrected chi connectivity index (χ0v) is 16.2. The van der Waals surface area contributed by atoms with Gasteiger partial charge in [-0.3, -0.25) is 9.69 Å². The van der Waals surface area contributed by atoms with E-state index in [2.05, 4.69) is 5.92 Å². The summed E-state index contributed by atoms with van der Waals surface area (Å²) in [7, 11) is 0. The van der Waals surface area contributed by atoms with Crippen LogP contribution in [0.1, 0.15) is 56.9 Å². The minimum Gasteiger partial charge on any atom is -0.489 e. The lowest BCUT2D eigenvalue weighted by atomic mass is 9.79. The number of hydrogen-bond acceptors (Lipinski definition) is 3. The zero-order chi connectivity index (χ0) is 19.6. The van der Waals surface area contributed by atoms with Gasteiger partial charge in [-0.05, 0) is 62.6 Å². The van der Waals surface area contributed by atoms with Gasteiger partial charge < -0.3 is 9.84 Å². The quantitative estimate of drug-likeness (QED) is 0.761. The van der Waals surface area contributed by atoms with Crippen molar-refractivity contribution in [2.45, 2.75) is 69.9 Å². The van der Waals surface area contributed by atoms with Crippen LogP contribution >= 0.6 is 11.6 Å². The molecule has 3 rings (SSSR count). The van der Waals surface area contributed by atoms with E-state index < -0.39 is 17.4 Å². The molecule has 0 bridgehead atoms. The summed E-state index contributed by atoms with van der Waals surface area (Å²) in [6.45, 7) is 1.81. The van der Waals surface area contributed by atoms with Crippen LogP contribution in [0.3, 0.4) is 0 Å². The minimum atomic E-state index is -1.34. The summed E-state index contributed by atoms with van der Waals surface area (Å²) in [4.78, 5) is 26.2. The third-order valence-electron chi connectivity index (χ3n) is 5.67. The molecular weight excluding hydrogens is 366 g/mol. The fourth-order valence-electron chi connectivity index (χ4n) is 3.91. The summed E-state index contributed by atoms with van der Waals surface area (Å²) in [5, 5.41) is 10.4. The second-order valence-electron chi connectivity index (χ2n) is 7.42. The van der Waals surface area contributed by atoms with E-state index in [1.165, 1.54) is 4.90 Å². The number of carbonyl (C=O) groups is 2. The van der Waals surface area contributed by atoms with Gasteiger partial charge in [-0.25, -0.2) is 4.79 Å². The SMILES string of the molecule is C#CC(=O)N(c1cc(Cl)c(OC2CCC2)cc1C)C1(C(=O)O)CCCCC1. The number of aryl methyl sites for hydroxylation is 1. The second-order valence-corrected chi connectivity index (χ2v) is 7.83. The fraction of sp³-hybridized carbons (Fsp3) is 0.524.